The lowest BCUT2D eigenvalue weighted by Crippen LogP contribution is -2.27. The first-order chi connectivity index (χ1) is 8.00. The molecule has 90 valence electrons. The van der Waals surface area contributed by atoms with Gasteiger partial charge in [0, 0.05) is 26.1 Å². The second-order valence-corrected chi connectivity index (χ2v) is 4.32. The highest BCUT2D eigenvalue weighted by Gasteiger charge is 2.28. The average molecular weight is 234 g/mol. The Bertz CT molecular complexity index is 485. The largest absolute Gasteiger partial charge is 0.339 e. The van der Waals surface area contributed by atoms with Crippen LogP contribution in [0.3, 0.4) is 0 Å². The predicted octanol–water partition coefficient (Wildman–Crippen LogP) is 2.06. The van der Waals surface area contributed by atoms with Crippen LogP contribution in [-0.4, -0.2) is 22.8 Å². The van der Waals surface area contributed by atoms with Gasteiger partial charge in [-0.15, -0.1) is 0 Å². The lowest BCUT2D eigenvalue weighted by atomic mass is 10.1. The summed E-state index contributed by atoms with van der Waals surface area (Å²) < 4.78 is 0. The molecule has 5 nitrogen and oxygen atoms in total. The lowest BCUT2D eigenvalue weighted by Gasteiger charge is -2.23. The van der Waals surface area contributed by atoms with E-state index in [2.05, 4.69) is 0 Å². The topological polar surface area (TPSA) is 63.5 Å². The molecule has 0 radical (unpaired) electrons. The third-order valence-electron chi connectivity index (χ3n) is 3.35. The molecule has 1 aliphatic carbocycles. The molecule has 1 aromatic rings. The predicted molar refractivity (Wildman–Crippen MR) is 62.6 cm³/mol. The fraction of sp³-hybridized carbons (Fsp3) is 0.417. The third kappa shape index (κ3) is 2.00. The molecule has 1 atom stereocenters. The van der Waals surface area contributed by atoms with Crippen molar-refractivity contribution in [3.05, 3.63) is 39.4 Å². The Hall–Kier alpha value is -1.91. The molecule has 1 aromatic carbocycles. The number of aryl methyl sites for hydroxylation is 1. The zero-order chi connectivity index (χ0) is 12.6. The summed E-state index contributed by atoms with van der Waals surface area (Å²) in [4.78, 5) is 23.3. The molecule has 0 heterocycles. The van der Waals surface area contributed by atoms with E-state index in [4.69, 9.17) is 0 Å². The molecule has 0 N–H and O–H groups in total. The summed E-state index contributed by atoms with van der Waals surface area (Å²) in [5, 5.41) is 10.7. The van der Waals surface area contributed by atoms with Crippen molar-refractivity contribution >= 4 is 11.6 Å². The molecule has 0 bridgehead atoms. The number of nitro groups is 1. The molecule has 0 saturated heterocycles. The Labute approximate surface area is 99.2 Å². The highest BCUT2D eigenvalue weighted by Crippen LogP contribution is 2.36. The zero-order valence-electron chi connectivity index (χ0n) is 9.84. The maximum absolute atomic E-state index is 11.3. The second-order valence-electron chi connectivity index (χ2n) is 4.32. The molecule has 0 saturated carbocycles. The summed E-state index contributed by atoms with van der Waals surface area (Å²) in [7, 11) is 1.77. The van der Waals surface area contributed by atoms with E-state index in [1.165, 1.54) is 13.0 Å². The first-order valence-electron chi connectivity index (χ1n) is 5.51. The smallest absolute Gasteiger partial charge is 0.269 e. The van der Waals surface area contributed by atoms with Gasteiger partial charge in [0.1, 0.15) is 0 Å². The monoisotopic (exact) mass is 234 g/mol. The maximum atomic E-state index is 11.3. The molecular formula is C12H14N2O3. The number of nitro benzene ring substituents is 1. The first kappa shape index (κ1) is 11.6. The maximum Gasteiger partial charge on any atom is 0.269 e. The molecule has 0 fully saturated rings. The minimum absolute atomic E-state index is 0.0150. The van der Waals surface area contributed by atoms with Gasteiger partial charge in [-0.2, -0.15) is 0 Å². The summed E-state index contributed by atoms with van der Waals surface area (Å²) in [5.74, 6) is 0.0150. The van der Waals surface area contributed by atoms with Crippen molar-refractivity contribution in [1.82, 2.24) is 4.90 Å². The van der Waals surface area contributed by atoms with E-state index in [-0.39, 0.29) is 22.6 Å². The molecule has 1 amide bonds. The van der Waals surface area contributed by atoms with Crippen molar-refractivity contribution in [3.8, 4) is 0 Å². The van der Waals surface area contributed by atoms with Crippen LogP contribution in [-0.2, 0) is 11.2 Å². The molecule has 17 heavy (non-hydrogen) atoms. The summed E-state index contributed by atoms with van der Waals surface area (Å²) in [6.45, 7) is 1.53. The van der Waals surface area contributed by atoms with E-state index in [0.717, 1.165) is 24.0 Å². The van der Waals surface area contributed by atoms with Gasteiger partial charge in [0.15, 0.2) is 0 Å². The number of carbonyl (C=O) groups excluding carboxylic acids is 1. The van der Waals surface area contributed by atoms with Crippen LogP contribution >= 0.6 is 0 Å². The van der Waals surface area contributed by atoms with Gasteiger partial charge in [-0.25, -0.2) is 0 Å². The Morgan fingerprint density at radius 2 is 2.24 bits per heavy atom. The van der Waals surface area contributed by atoms with E-state index in [0.29, 0.717) is 0 Å². The number of carbonyl (C=O) groups is 1. The minimum Gasteiger partial charge on any atom is -0.339 e. The number of non-ortho nitro benzene ring substituents is 1. The van der Waals surface area contributed by atoms with Gasteiger partial charge in [-0.1, -0.05) is 0 Å². The van der Waals surface area contributed by atoms with Crippen molar-refractivity contribution in [3.63, 3.8) is 0 Å². The molecule has 0 aliphatic heterocycles. The minimum atomic E-state index is -0.387. The quantitative estimate of drug-likeness (QED) is 0.581. The van der Waals surface area contributed by atoms with Gasteiger partial charge in [0.2, 0.25) is 5.91 Å². The molecule has 2 rings (SSSR count). The molecule has 0 spiro atoms. The van der Waals surface area contributed by atoms with Gasteiger partial charge < -0.3 is 4.90 Å². The zero-order valence-corrected chi connectivity index (χ0v) is 9.84. The van der Waals surface area contributed by atoms with E-state index in [1.807, 2.05) is 0 Å². The number of fused-ring (bicyclic) bond motifs is 1. The molecule has 1 aliphatic rings. The van der Waals surface area contributed by atoms with Crippen LogP contribution in [0, 0.1) is 10.1 Å². The number of nitrogens with zero attached hydrogens (tertiary/aromatic N) is 2. The highest BCUT2D eigenvalue weighted by molar-refractivity contribution is 5.73. The van der Waals surface area contributed by atoms with Crippen LogP contribution in [0.15, 0.2) is 18.2 Å². The lowest BCUT2D eigenvalue weighted by molar-refractivity contribution is -0.384. The normalized spacial score (nSPS) is 17.6. The Morgan fingerprint density at radius 1 is 1.53 bits per heavy atom. The molecule has 0 aromatic heterocycles. The second kappa shape index (κ2) is 4.16. The average Bonchev–Trinajstić information content (AvgIpc) is 2.70. The standard InChI is InChI=1S/C12H14N2O3/c1-8(15)13(2)12-6-3-9-7-10(14(16)17)4-5-11(9)12/h4-5,7,12H,3,6H2,1-2H3. The van der Waals surface area contributed by atoms with Crippen molar-refractivity contribution in [2.24, 2.45) is 0 Å². The molecule has 1 unspecified atom stereocenters. The van der Waals surface area contributed by atoms with E-state index in [1.54, 1.807) is 24.1 Å². The highest BCUT2D eigenvalue weighted by atomic mass is 16.6. The van der Waals surface area contributed by atoms with Crippen LogP contribution < -0.4 is 0 Å². The summed E-state index contributed by atoms with van der Waals surface area (Å²) in [6, 6.07) is 4.95. The summed E-state index contributed by atoms with van der Waals surface area (Å²) in [6.07, 6.45) is 1.63. The van der Waals surface area contributed by atoms with E-state index in [9.17, 15) is 14.9 Å². The number of hydrogen-bond donors (Lipinski definition) is 0. The Balaban J connectivity index is 2.34. The molecule has 5 heteroatoms. The number of rotatable bonds is 2. The van der Waals surface area contributed by atoms with E-state index >= 15 is 0 Å². The Kier molecular flexibility index (Phi) is 2.83. The van der Waals surface area contributed by atoms with Crippen LogP contribution in [0.2, 0.25) is 0 Å². The number of benzene rings is 1. The fourth-order valence-corrected chi connectivity index (χ4v) is 2.32. The van der Waals surface area contributed by atoms with Gasteiger partial charge in [-0.05, 0) is 30.0 Å². The third-order valence-corrected chi connectivity index (χ3v) is 3.35. The summed E-state index contributed by atoms with van der Waals surface area (Å²) >= 11 is 0. The SMILES string of the molecule is CC(=O)N(C)C1CCc2cc([N+](=O)[O-])ccc21. The Morgan fingerprint density at radius 3 is 2.82 bits per heavy atom. The first-order valence-corrected chi connectivity index (χ1v) is 5.51. The van der Waals surface area contributed by atoms with Crippen molar-refractivity contribution < 1.29 is 9.72 Å². The van der Waals surface area contributed by atoms with Crippen molar-refractivity contribution in [2.75, 3.05) is 7.05 Å². The fourth-order valence-electron chi connectivity index (χ4n) is 2.32. The van der Waals surface area contributed by atoms with Crippen molar-refractivity contribution in [1.29, 1.82) is 0 Å². The van der Waals surface area contributed by atoms with Crippen molar-refractivity contribution in [2.45, 2.75) is 25.8 Å². The number of amides is 1. The van der Waals surface area contributed by atoms with E-state index < -0.39 is 0 Å². The summed E-state index contributed by atoms with van der Waals surface area (Å²) in [5.41, 5.74) is 2.14. The number of hydrogen-bond acceptors (Lipinski definition) is 3. The van der Waals surface area contributed by atoms with Gasteiger partial charge in [0.05, 0.1) is 11.0 Å². The molecular weight excluding hydrogens is 220 g/mol. The van der Waals surface area contributed by atoms with Gasteiger partial charge >= 0.3 is 0 Å². The van der Waals surface area contributed by atoms with Crippen LogP contribution in [0.5, 0.6) is 0 Å². The van der Waals surface area contributed by atoms with Gasteiger partial charge in [0.25, 0.3) is 5.69 Å². The van der Waals surface area contributed by atoms with Gasteiger partial charge in [-0.3, -0.25) is 14.9 Å². The van der Waals surface area contributed by atoms with Crippen LogP contribution in [0.4, 0.5) is 5.69 Å². The van der Waals surface area contributed by atoms with Crippen LogP contribution in [0.1, 0.15) is 30.5 Å². The van der Waals surface area contributed by atoms with Crippen LogP contribution in [0.25, 0.3) is 0 Å².